The molecule has 0 fully saturated rings. The van der Waals surface area contributed by atoms with E-state index in [0.717, 1.165) is 10.0 Å². The van der Waals surface area contributed by atoms with Crippen molar-refractivity contribution in [2.75, 3.05) is 12.9 Å². The molecule has 1 rings (SSSR count). The zero-order valence-corrected chi connectivity index (χ0v) is 11.1. The largest absolute Gasteiger partial charge is 0.497 e. The van der Waals surface area contributed by atoms with E-state index in [1.54, 1.807) is 32.2 Å². The van der Waals surface area contributed by atoms with Crippen LogP contribution in [0.25, 0.3) is 0 Å². The number of benzene rings is 1. The molecule has 1 aromatic carbocycles. The summed E-state index contributed by atoms with van der Waals surface area (Å²) < 4.78 is 28.6. The van der Waals surface area contributed by atoms with Crippen molar-refractivity contribution >= 4 is 25.8 Å². The Labute approximate surface area is 98.5 Å². The SMILES string of the molecule is CCS(=O)(=O)Cc1ccc(OC)cc1Br. The number of halogens is 1. The highest BCUT2D eigenvalue weighted by Crippen LogP contribution is 2.24. The molecular weight excluding hydrogens is 280 g/mol. The second kappa shape index (κ2) is 4.99. The molecule has 0 aromatic heterocycles. The Kier molecular flexibility index (Phi) is 4.16. The van der Waals surface area contributed by atoms with E-state index in [0.29, 0.717) is 5.75 Å². The molecule has 0 saturated heterocycles. The minimum atomic E-state index is -2.99. The van der Waals surface area contributed by atoms with Crippen LogP contribution in [0.4, 0.5) is 0 Å². The molecule has 1 aromatic rings. The molecule has 0 spiro atoms. The second-order valence-electron chi connectivity index (χ2n) is 3.13. The number of sulfone groups is 1. The van der Waals surface area contributed by atoms with Crippen LogP contribution in [0.2, 0.25) is 0 Å². The minimum Gasteiger partial charge on any atom is -0.497 e. The van der Waals surface area contributed by atoms with Crippen molar-refractivity contribution in [3.63, 3.8) is 0 Å². The van der Waals surface area contributed by atoms with Crippen LogP contribution in [-0.4, -0.2) is 21.3 Å². The molecule has 3 nitrogen and oxygen atoms in total. The minimum absolute atomic E-state index is 0.0636. The van der Waals surface area contributed by atoms with Gasteiger partial charge in [-0.2, -0.15) is 0 Å². The van der Waals surface area contributed by atoms with E-state index in [1.165, 1.54) is 0 Å². The van der Waals surface area contributed by atoms with Gasteiger partial charge in [0.2, 0.25) is 0 Å². The van der Waals surface area contributed by atoms with Crippen molar-refractivity contribution in [3.05, 3.63) is 28.2 Å². The van der Waals surface area contributed by atoms with Gasteiger partial charge < -0.3 is 4.74 Å². The fourth-order valence-corrected chi connectivity index (χ4v) is 2.72. The third-order valence-electron chi connectivity index (χ3n) is 2.08. The van der Waals surface area contributed by atoms with E-state index in [9.17, 15) is 8.42 Å². The van der Waals surface area contributed by atoms with Crippen LogP contribution in [0.1, 0.15) is 12.5 Å². The van der Waals surface area contributed by atoms with Crippen molar-refractivity contribution in [1.29, 1.82) is 0 Å². The fraction of sp³-hybridized carbons (Fsp3) is 0.400. The van der Waals surface area contributed by atoms with Crippen molar-refractivity contribution in [2.45, 2.75) is 12.7 Å². The molecule has 0 N–H and O–H groups in total. The highest BCUT2D eigenvalue weighted by molar-refractivity contribution is 9.10. The summed E-state index contributed by atoms with van der Waals surface area (Å²) in [5, 5.41) is 0. The first kappa shape index (κ1) is 12.5. The Bertz CT molecular complexity index is 440. The molecule has 0 bridgehead atoms. The Balaban J connectivity index is 2.97. The standard InChI is InChI=1S/C10H13BrO3S/c1-3-15(12,13)7-8-4-5-9(14-2)6-10(8)11/h4-6H,3,7H2,1-2H3. The fourth-order valence-electron chi connectivity index (χ4n) is 1.11. The van der Waals surface area contributed by atoms with E-state index >= 15 is 0 Å². The third-order valence-corrected chi connectivity index (χ3v) is 4.44. The van der Waals surface area contributed by atoms with Crippen molar-refractivity contribution < 1.29 is 13.2 Å². The second-order valence-corrected chi connectivity index (χ2v) is 6.34. The predicted octanol–water partition coefficient (Wildman–Crippen LogP) is 2.39. The average Bonchev–Trinajstić information content (AvgIpc) is 2.21. The van der Waals surface area contributed by atoms with Gasteiger partial charge in [0.15, 0.2) is 9.84 Å². The monoisotopic (exact) mass is 292 g/mol. The molecule has 0 atom stereocenters. The summed E-state index contributed by atoms with van der Waals surface area (Å²) in [5.74, 6) is 0.930. The number of rotatable bonds is 4. The molecule has 84 valence electrons. The lowest BCUT2D eigenvalue weighted by molar-refractivity contribution is 0.414. The molecule has 0 amide bonds. The molecule has 15 heavy (non-hydrogen) atoms. The van der Waals surface area contributed by atoms with Gasteiger partial charge in [0.05, 0.1) is 12.9 Å². The predicted molar refractivity (Wildman–Crippen MR) is 63.9 cm³/mol. The first-order valence-corrected chi connectivity index (χ1v) is 7.13. The van der Waals surface area contributed by atoms with Gasteiger partial charge in [0.1, 0.15) is 5.75 Å². The van der Waals surface area contributed by atoms with Crippen LogP contribution in [0, 0.1) is 0 Å². The van der Waals surface area contributed by atoms with Gasteiger partial charge in [-0.25, -0.2) is 8.42 Å². The molecule has 5 heteroatoms. The van der Waals surface area contributed by atoms with Gasteiger partial charge in [-0.15, -0.1) is 0 Å². The van der Waals surface area contributed by atoms with Gasteiger partial charge in [-0.3, -0.25) is 0 Å². The summed E-state index contributed by atoms with van der Waals surface area (Å²) in [5.41, 5.74) is 0.762. The summed E-state index contributed by atoms with van der Waals surface area (Å²) in [6, 6.07) is 5.28. The van der Waals surface area contributed by atoms with Crippen LogP contribution in [0.3, 0.4) is 0 Å². The maximum Gasteiger partial charge on any atom is 0.154 e. The van der Waals surface area contributed by atoms with Gasteiger partial charge in [-0.1, -0.05) is 28.9 Å². The van der Waals surface area contributed by atoms with E-state index in [1.807, 2.05) is 0 Å². The Morgan fingerprint density at radius 2 is 2.07 bits per heavy atom. The molecule has 0 heterocycles. The lowest BCUT2D eigenvalue weighted by Crippen LogP contribution is -2.07. The summed E-state index contributed by atoms with van der Waals surface area (Å²) in [4.78, 5) is 0. The number of methoxy groups -OCH3 is 1. The van der Waals surface area contributed by atoms with Gasteiger partial charge in [0, 0.05) is 10.2 Å². The number of hydrogen-bond donors (Lipinski definition) is 0. The Morgan fingerprint density at radius 3 is 2.53 bits per heavy atom. The first-order valence-electron chi connectivity index (χ1n) is 4.51. The van der Waals surface area contributed by atoms with Gasteiger partial charge >= 0.3 is 0 Å². The van der Waals surface area contributed by atoms with Crippen LogP contribution in [-0.2, 0) is 15.6 Å². The van der Waals surface area contributed by atoms with Gasteiger partial charge in [-0.05, 0) is 17.7 Å². The number of hydrogen-bond acceptors (Lipinski definition) is 3. The maximum atomic E-state index is 11.4. The molecule has 0 saturated carbocycles. The van der Waals surface area contributed by atoms with E-state index in [4.69, 9.17) is 4.74 Å². The van der Waals surface area contributed by atoms with Crippen LogP contribution < -0.4 is 4.74 Å². The molecule has 0 aliphatic heterocycles. The number of ether oxygens (including phenoxy) is 1. The summed E-state index contributed by atoms with van der Waals surface area (Å²) in [6.07, 6.45) is 0. The lowest BCUT2D eigenvalue weighted by Gasteiger charge is -2.06. The third kappa shape index (κ3) is 3.50. The zero-order valence-electron chi connectivity index (χ0n) is 8.66. The normalized spacial score (nSPS) is 11.4. The molecule has 0 aliphatic carbocycles. The van der Waals surface area contributed by atoms with Crippen LogP contribution in [0.15, 0.2) is 22.7 Å². The first-order chi connectivity index (χ1) is 6.98. The smallest absolute Gasteiger partial charge is 0.154 e. The summed E-state index contributed by atoms with van der Waals surface area (Å²) in [7, 11) is -1.41. The molecule has 0 radical (unpaired) electrons. The topological polar surface area (TPSA) is 43.4 Å². The van der Waals surface area contributed by atoms with E-state index in [2.05, 4.69) is 15.9 Å². The van der Waals surface area contributed by atoms with Crippen LogP contribution >= 0.6 is 15.9 Å². The molecule has 0 aliphatic rings. The van der Waals surface area contributed by atoms with E-state index < -0.39 is 9.84 Å². The Hall–Kier alpha value is -0.550. The Morgan fingerprint density at radius 1 is 1.40 bits per heavy atom. The van der Waals surface area contributed by atoms with Crippen molar-refractivity contribution in [2.24, 2.45) is 0 Å². The molecular formula is C10H13BrO3S. The lowest BCUT2D eigenvalue weighted by atomic mass is 10.2. The summed E-state index contributed by atoms with van der Waals surface area (Å²) >= 11 is 3.33. The maximum absolute atomic E-state index is 11.4. The van der Waals surface area contributed by atoms with Crippen LogP contribution in [0.5, 0.6) is 5.75 Å². The van der Waals surface area contributed by atoms with Crippen molar-refractivity contribution in [3.8, 4) is 5.75 Å². The van der Waals surface area contributed by atoms with Gasteiger partial charge in [0.25, 0.3) is 0 Å². The average molecular weight is 293 g/mol. The highest BCUT2D eigenvalue weighted by Gasteiger charge is 2.11. The van der Waals surface area contributed by atoms with Crippen molar-refractivity contribution in [1.82, 2.24) is 0 Å². The molecule has 0 unspecified atom stereocenters. The quantitative estimate of drug-likeness (QED) is 0.856. The zero-order chi connectivity index (χ0) is 11.5. The summed E-state index contributed by atoms with van der Waals surface area (Å²) in [6.45, 7) is 1.65. The van der Waals surface area contributed by atoms with E-state index in [-0.39, 0.29) is 11.5 Å². The highest BCUT2D eigenvalue weighted by atomic mass is 79.9.